The third kappa shape index (κ3) is 2.91. The second kappa shape index (κ2) is 7.24. The molecule has 3 aliphatic heterocycles. The molecular weight excluding hydrogens is 352 g/mol. The number of hydrogen-bond acceptors (Lipinski definition) is 4. The van der Waals surface area contributed by atoms with Crippen LogP contribution in [-0.4, -0.2) is 48.0 Å². The third-order valence-electron chi connectivity index (χ3n) is 6.56. The Morgan fingerprint density at radius 2 is 1.86 bits per heavy atom. The van der Waals surface area contributed by atoms with Gasteiger partial charge in [-0.15, -0.1) is 0 Å². The van der Waals surface area contributed by atoms with Crippen molar-refractivity contribution < 1.29 is 9.53 Å². The summed E-state index contributed by atoms with van der Waals surface area (Å²) >= 11 is 0. The molecule has 0 aliphatic carbocycles. The first kappa shape index (κ1) is 17.7. The molecule has 4 heterocycles. The van der Waals surface area contributed by atoms with Gasteiger partial charge >= 0.3 is 0 Å². The molecule has 6 nitrogen and oxygen atoms in total. The normalized spacial score (nSPS) is 22.7. The first-order valence-electron chi connectivity index (χ1n) is 10.5. The molecule has 0 unspecified atom stereocenters. The SMILES string of the molecule is Cc1c(C(=O)N2C[C@H]3CCCCN3c3ccccc32)cnn1C1CCOCC1. The first-order chi connectivity index (χ1) is 13.7. The van der Waals surface area contributed by atoms with Gasteiger partial charge < -0.3 is 14.5 Å². The van der Waals surface area contributed by atoms with Gasteiger partial charge in [0.25, 0.3) is 5.91 Å². The van der Waals surface area contributed by atoms with Crippen LogP contribution in [0.1, 0.15) is 54.2 Å². The van der Waals surface area contributed by atoms with Crippen LogP contribution in [0.25, 0.3) is 0 Å². The van der Waals surface area contributed by atoms with Crippen molar-refractivity contribution in [1.29, 1.82) is 0 Å². The molecule has 28 heavy (non-hydrogen) atoms. The second-order valence-electron chi connectivity index (χ2n) is 8.18. The second-order valence-corrected chi connectivity index (χ2v) is 8.18. The van der Waals surface area contributed by atoms with Gasteiger partial charge in [-0.05, 0) is 51.2 Å². The van der Waals surface area contributed by atoms with E-state index in [2.05, 4.69) is 28.2 Å². The number of para-hydroxylation sites is 2. The van der Waals surface area contributed by atoms with Crippen molar-refractivity contribution >= 4 is 17.3 Å². The molecule has 3 aliphatic rings. The van der Waals surface area contributed by atoms with E-state index < -0.39 is 0 Å². The molecule has 0 spiro atoms. The number of anilines is 2. The highest BCUT2D eigenvalue weighted by Crippen LogP contribution is 2.39. The van der Waals surface area contributed by atoms with E-state index in [1.54, 1.807) is 6.20 Å². The number of carbonyl (C=O) groups is 1. The highest BCUT2D eigenvalue weighted by molar-refractivity contribution is 6.09. The predicted octanol–water partition coefficient (Wildman–Crippen LogP) is 3.56. The maximum atomic E-state index is 13.6. The van der Waals surface area contributed by atoms with Crippen LogP contribution < -0.4 is 9.80 Å². The molecule has 1 atom stereocenters. The van der Waals surface area contributed by atoms with E-state index in [1.165, 1.54) is 18.5 Å². The summed E-state index contributed by atoms with van der Waals surface area (Å²) in [6.07, 6.45) is 7.31. The summed E-state index contributed by atoms with van der Waals surface area (Å²) in [5, 5.41) is 4.60. The van der Waals surface area contributed by atoms with Crippen LogP contribution in [0.15, 0.2) is 30.5 Å². The number of piperidine rings is 1. The van der Waals surface area contributed by atoms with Crippen molar-refractivity contribution in [3.63, 3.8) is 0 Å². The Labute approximate surface area is 166 Å². The number of ether oxygens (including phenoxy) is 1. The molecule has 1 aromatic carbocycles. The Hall–Kier alpha value is -2.34. The van der Waals surface area contributed by atoms with Crippen molar-refractivity contribution in [3.8, 4) is 0 Å². The largest absolute Gasteiger partial charge is 0.381 e. The fourth-order valence-corrected chi connectivity index (χ4v) is 5.02. The summed E-state index contributed by atoms with van der Waals surface area (Å²) in [6.45, 7) is 5.41. The van der Waals surface area contributed by atoms with Gasteiger partial charge in [0.1, 0.15) is 0 Å². The zero-order valence-electron chi connectivity index (χ0n) is 16.5. The summed E-state index contributed by atoms with van der Waals surface area (Å²) < 4.78 is 7.52. The lowest BCUT2D eigenvalue weighted by molar-refractivity contribution is 0.0656. The van der Waals surface area contributed by atoms with Gasteiger partial charge in [0.2, 0.25) is 0 Å². The molecule has 0 N–H and O–H groups in total. The van der Waals surface area contributed by atoms with Gasteiger partial charge in [0, 0.05) is 38.0 Å². The van der Waals surface area contributed by atoms with Gasteiger partial charge in [-0.3, -0.25) is 9.48 Å². The van der Waals surface area contributed by atoms with E-state index in [4.69, 9.17) is 4.74 Å². The Morgan fingerprint density at radius 1 is 1.07 bits per heavy atom. The van der Waals surface area contributed by atoms with Crippen molar-refractivity contribution in [2.75, 3.05) is 36.1 Å². The van der Waals surface area contributed by atoms with Gasteiger partial charge in [-0.25, -0.2) is 0 Å². The molecule has 1 aromatic heterocycles. The maximum absolute atomic E-state index is 13.6. The van der Waals surface area contributed by atoms with Crippen LogP contribution in [0.4, 0.5) is 11.4 Å². The molecule has 2 saturated heterocycles. The van der Waals surface area contributed by atoms with Gasteiger partial charge in [0.15, 0.2) is 0 Å². The summed E-state index contributed by atoms with van der Waals surface area (Å²) in [5.74, 6) is 0.0773. The maximum Gasteiger partial charge on any atom is 0.261 e. The topological polar surface area (TPSA) is 50.6 Å². The average Bonchev–Trinajstić information content (AvgIpc) is 3.14. The van der Waals surface area contributed by atoms with Crippen LogP contribution in [0.5, 0.6) is 0 Å². The van der Waals surface area contributed by atoms with E-state index in [1.807, 2.05) is 22.6 Å². The Bertz CT molecular complexity index is 871. The van der Waals surface area contributed by atoms with Crippen molar-refractivity contribution in [1.82, 2.24) is 9.78 Å². The Balaban J connectivity index is 1.47. The summed E-state index contributed by atoms with van der Waals surface area (Å²) in [6, 6.07) is 9.09. The van der Waals surface area contributed by atoms with Crippen LogP contribution in [0, 0.1) is 6.92 Å². The molecule has 6 heteroatoms. The number of fused-ring (bicyclic) bond motifs is 3. The lowest BCUT2D eigenvalue weighted by Gasteiger charge is -2.46. The minimum atomic E-state index is 0.0773. The van der Waals surface area contributed by atoms with Crippen molar-refractivity contribution in [3.05, 3.63) is 41.7 Å². The molecule has 2 fully saturated rings. The van der Waals surface area contributed by atoms with Gasteiger partial charge in [-0.2, -0.15) is 5.10 Å². The quantitative estimate of drug-likeness (QED) is 0.799. The van der Waals surface area contributed by atoms with Crippen LogP contribution in [-0.2, 0) is 4.74 Å². The fraction of sp³-hybridized carbons (Fsp3) is 0.545. The molecule has 2 aromatic rings. The zero-order chi connectivity index (χ0) is 19.1. The lowest BCUT2D eigenvalue weighted by Crippen LogP contribution is -2.53. The lowest BCUT2D eigenvalue weighted by atomic mass is 9.96. The van der Waals surface area contributed by atoms with Gasteiger partial charge in [-0.1, -0.05) is 12.1 Å². The molecule has 1 amide bonds. The van der Waals surface area contributed by atoms with Crippen LogP contribution in [0.2, 0.25) is 0 Å². The van der Waals surface area contributed by atoms with E-state index >= 15 is 0 Å². The Morgan fingerprint density at radius 3 is 2.68 bits per heavy atom. The molecule has 0 bridgehead atoms. The number of hydrogen-bond donors (Lipinski definition) is 0. The summed E-state index contributed by atoms with van der Waals surface area (Å²) in [4.78, 5) is 18.1. The van der Waals surface area contributed by atoms with E-state index in [0.29, 0.717) is 12.1 Å². The molecular formula is C22H28N4O2. The Kier molecular flexibility index (Phi) is 4.59. The van der Waals surface area contributed by atoms with Crippen LogP contribution in [0.3, 0.4) is 0 Å². The first-order valence-corrected chi connectivity index (χ1v) is 10.5. The molecule has 0 radical (unpaired) electrons. The standard InChI is InChI=1S/C22H28N4O2/c1-16-19(14-23-26(16)17-9-12-28-13-10-17)22(27)25-15-18-6-4-5-11-24(18)20-7-2-3-8-21(20)25/h2-3,7-8,14,17-18H,4-6,9-13,15H2,1H3/t18-/m1/s1. The highest BCUT2D eigenvalue weighted by atomic mass is 16.5. The van der Waals surface area contributed by atoms with E-state index in [0.717, 1.165) is 62.5 Å². The van der Waals surface area contributed by atoms with E-state index in [-0.39, 0.29) is 5.91 Å². The summed E-state index contributed by atoms with van der Waals surface area (Å²) in [5.41, 5.74) is 3.93. The van der Waals surface area contributed by atoms with E-state index in [9.17, 15) is 4.79 Å². The minimum absolute atomic E-state index is 0.0773. The molecule has 0 saturated carbocycles. The molecule has 148 valence electrons. The number of benzene rings is 1. The van der Waals surface area contributed by atoms with Crippen LogP contribution >= 0.6 is 0 Å². The molecule has 5 rings (SSSR count). The number of nitrogens with zero attached hydrogens (tertiary/aromatic N) is 4. The van der Waals surface area contributed by atoms with Crippen molar-refractivity contribution in [2.24, 2.45) is 0 Å². The highest BCUT2D eigenvalue weighted by Gasteiger charge is 2.36. The zero-order valence-corrected chi connectivity index (χ0v) is 16.5. The average molecular weight is 380 g/mol. The predicted molar refractivity (Wildman–Crippen MR) is 109 cm³/mol. The number of aromatic nitrogens is 2. The smallest absolute Gasteiger partial charge is 0.261 e. The van der Waals surface area contributed by atoms with Gasteiger partial charge in [0.05, 0.1) is 29.2 Å². The number of rotatable bonds is 2. The third-order valence-corrected chi connectivity index (χ3v) is 6.56. The monoisotopic (exact) mass is 380 g/mol. The number of amides is 1. The fourth-order valence-electron chi connectivity index (χ4n) is 5.02. The minimum Gasteiger partial charge on any atom is -0.381 e. The number of carbonyl (C=O) groups excluding carboxylic acids is 1. The van der Waals surface area contributed by atoms with Crippen molar-refractivity contribution in [2.45, 2.75) is 51.1 Å². The summed E-state index contributed by atoms with van der Waals surface area (Å²) in [7, 11) is 0.